The monoisotopic (exact) mass is 235 g/mol. The zero-order chi connectivity index (χ0) is 11.9. The molecule has 0 heterocycles. The Morgan fingerprint density at radius 3 is 1.93 bits per heavy atom. The normalized spacial score (nSPS) is 14.5. The van der Waals surface area contributed by atoms with Gasteiger partial charge in [0, 0.05) is 6.04 Å². The molecule has 0 aromatic rings. The molecule has 0 amide bonds. The van der Waals surface area contributed by atoms with Gasteiger partial charge in [0.1, 0.15) is 0 Å². The van der Waals surface area contributed by atoms with E-state index in [1.54, 1.807) is 7.05 Å². The molecule has 0 aromatic carbocycles. The molecule has 0 saturated heterocycles. The summed E-state index contributed by atoms with van der Waals surface area (Å²) in [5.74, 6) is 0.258. The Balaban J connectivity index is 4.48. The molecule has 0 aliphatic heterocycles. The van der Waals surface area contributed by atoms with Crippen molar-refractivity contribution >= 4 is 9.84 Å². The first-order valence-electron chi connectivity index (χ1n) is 5.86. The number of sulfone groups is 1. The molecule has 0 radical (unpaired) electrons. The smallest absolute Gasteiger partial charge is 0.154 e. The molecule has 0 saturated carbocycles. The number of hydrogen-bond donors (Lipinski definition) is 1. The zero-order valence-electron chi connectivity index (χ0n) is 10.4. The first-order chi connectivity index (χ1) is 6.97. The van der Waals surface area contributed by atoms with E-state index in [1.807, 2.05) is 20.8 Å². The van der Waals surface area contributed by atoms with Crippen LogP contribution in [0.15, 0.2) is 0 Å². The van der Waals surface area contributed by atoms with Gasteiger partial charge in [-0.25, -0.2) is 8.42 Å². The number of nitrogens with one attached hydrogen (secondary N) is 1. The maximum Gasteiger partial charge on any atom is 0.154 e. The first-order valence-corrected chi connectivity index (χ1v) is 7.58. The number of rotatable bonds is 8. The molecule has 0 aliphatic carbocycles. The van der Waals surface area contributed by atoms with Crippen LogP contribution in [0.2, 0.25) is 0 Å². The van der Waals surface area contributed by atoms with Crippen molar-refractivity contribution in [1.82, 2.24) is 5.32 Å². The molecule has 15 heavy (non-hydrogen) atoms. The molecule has 0 unspecified atom stereocenters. The summed E-state index contributed by atoms with van der Waals surface area (Å²) in [4.78, 5) is 0. The largest absolute Gasteiger partial charge is 0.316 e. The van der Waals surface area contributed by atoms with Crippen LogP contribution in [0.5, 0.6) is 0 Å². The lowest BCUT2D eigenvalue weighted by atomic mass is 10.2. The maximum absolute atomic E-state index is 12.0. The molecular weight excluding hydrogens is 210 g/mol. The van der Waals surface area contributed by atoms with Crippen LogP contribution < -0.4 is 5.32 Å². The highest BCUT2D eigenvalue weighted by Gasteiger charge is 2.25. The molecule has 3 nitrogen and oxygen atoms in total. The Hall–Kier alpha value is -0.0900. The Morgan fingerprint density at radius 1 is 1.13 bits per heavy atom. The summed E-state index contributed by atoms with van der Waals surface area (Å²) in [5.41, 5.74) is 0. The fourth-order valence-electron chi connectivity index (χ4n) is 1.72. The lowest BCUT2D eigenvalue weighted by molar-refractivity contribution is 0.542. The Morgan fingerprint density at radius 2 is 1.60 bits per heavy atom. The van der Waals surface area contributed by atoms with E-state index < -0.39 is 9.84 Å². The van der Waals surface area contributed by atoms with Crippen molar-refractivity contribution in [2.24, 2.45) is 0 Å². The van der Waals surface area contributed by atoms with Gasteiger partial charge < -0.3 is 5.32 Å². The Kier molecular flexibility index (Phi) is 7.18. The van der Waals surface area contributed by atoms with Crippen molar-refractivity contribution in [3.05, 3.63) is 0 Å². The van der Waals surface area contributed by atoms with Gasteiger partial charge >= 0.3 is 0 Å². The van der Waals surface area contributed by atoms with Gasteiger partial charge in [0.2, 0.25) is 0 Å². The molecule has 1 N–H and O–H groups in total. The molecule has 0 rings (SSSR count). The van der Waals surface area contributed by atoms with Crippen molar-refractivity contribution in [3.8, 4) is 0 Å². The fourth-order valence-corrected chi connectivity index (χ4v) is 4.04. The summed E-state index contributed by atoms with van der Waals surface area (Å²) in [6, 6.07) is 0.0474. The minimum Gasteiger partial charge on any atom is -0.316 e. The topological polar surface area (TPSA) is 46.2 Å². The van der Waals surface area contributed by atoms with Crippen LogP contribution in [-0.2, 0) is 9.84 Å². The quantitative estimate of drug-likeness (QED) is 0.700. The summed E-state index contributed by atoms with van der Waals surface area (Å²) in [6.07, 6.45) is 3.48. The number of hydrogen-bond acceptors (Lipinski definition) is 3. The van der Waals surface area contributed by atoms with E-state index in [0.717, 1.165) is 25.7 Å². The van der Waals surface area contributed by atoms with E-state index in [4.69, 9.17) is 0 Å². The summed E-state index contributed by atoms with van der Waals surface area (Å²) >= 11 is 0. The van der Waals surface area contributed by atoms with Gasteiger partial charge in [-0.05, 0) is 26.8 Å². The predicted molar refractivity (Wildman–Crippen MR) is 65.9 cm³/mol. The molecule has 0 bridgehead atoms. The summed E-state index contributed by atoms with van der Waals surface area (Å²) < 4.78 is 24.1. The van der Waals surface area contributed by atoms with Gasteiger partial charge in [-0.15, -0.1) is 0 Å². The lowest BCUT2D eigenvalue weighted by Crippen LogP contribution is -2.35. The maximum atomic E-state index is 12.0. The van der Waals surface area contributed by atoms with Crippen LogP contribution in [0.3, 0.4) is 0 Å². The van der Waals surface area contributed by atoms with Crippen molar-refractivity contribution in [1.29, 1.82) is 0 Å². The highest BCUT2D eigenvalue weighted by molar-refractivity contribution is 7.92. The molecule has 1 atom stereocenters. The van der Waals surface area contributed by atoms with Crippen LogP contribution in [0.4, 0.5) is 0 Å². The second-order valence-corrected chi connectivity index (χ2v) is 6.54. The van der Waals surface area contributed by atoms with Gasteiger partial charge in [-0.3, -0.25) is 0 Å². The second-order valence-electron chi connectivity index (χ2n) is 4.22. The predicted octanol–water partition coefficient (Wildman–Crippen LogP) is 1.98. The summed E-state index contributed by atoms with van der Waals surface area (Å²) in [7, 11) is -1.12. The average Bonchev–Trinajstić information content (AvgIpc) is 2.16. The SMILES string of the molecule is CCCC(CCC)S(=O)(=O)C[C@H](C)NC. The second kappa shape index (κ2) is 7.23. The van der Waals surface area contributed by atoms with Gasteiger partial charge in [0.15, 0.2) is 9.84 Å². The molecule has 0 aromatic heterocycles. The third-order valence-corrected chi connectivity index (χ3v) is 5.16. The highest BCUT2D eigenvalue weighted by Crippen LogP contribution is 2.16. The van der Waals surface area contributed by atoms with Crippen molar-refractivity contribution in [2.45, 2.75) is 57.7 Å². The van der Waals surface area contributed by atoms with Crippen molar-refractivity contribution < 1.29 is 8.42 Å². The molecule has 0 fully saturated rings. The van der Waals surface area contributed by atoms with Gasteiger partial charge in [-0.2, -0.15) is 0 Å². The lowest BCUT2D eigenvalue weighted by Gasteiger charge is -2.18. The molecule has 4 heteroatoms. The molecule has 0 aliphatic rings. The van der Waals surface area contributed by atoms with Crippen molar-refractivity contribution in [3.63, 3.8) is 0 Å². The van der Waals surface area contributed by atoms with Crippen LogP contribution in [0, 0.1) is 0 Å². The van der Waals surface area contributed by atoms with Crippen molar-refractivity contribution in [2.75, 3.05) is 12.8 Å². The summed E-state index contributed by atoms with van der Waals surface area (Å²) in [6.45, 7) is 5.99. The van der Waals surface area contributed by atoms with Crippen LogP contribution in [0.25, 0.3) is 0 Å². The van der Waals surface area contributed by atoms with Gasteiger partial charge in [0.05, 0.1) is 11.0 Å². The molecule has 0 spiro atoms. The van der Waals surface area contributed by atoms with E-state index in [0.29, 0.717) is 0 Å². The Bertz CT molecular complexity index is 243. The average molecular weight is 235 g/mol. The molecule has 92 valence electrons. The van der Waals surface area contributed by atoms with Crippen LogP contribution in [0.1, 0.15) is 46.5 Å². The third kappa shape index (κ3) is 5.52. The first kappa shape index (κ1) is 14.9. The molecular formula is C11H25NO2S. The van der Waals surface area contributed by atoms with Gasteiger partial charge in [0.25, 0.3) is 0 Å². The zero-order valence-corrected chi connectivity index (χ0v) is 11.2. The van der Waals surface area contributed by atoms with Gasteiger partial charge in [-0.1, -0.05) is 26.7 Å². The van der Waals surface area contributed by atoms with E-state index in [9.17, 15) is 8.42 Å². The van der Waals surface area contributed by atoms with E-state index in [-0.39, 0.29) is 17.0 Å². The minimum atomic E-state index is -2.92. The Labute approximate surface area is 94.6 Å². The third-order valence-electron chi connectivity index (χ3n) is 2.70. The highest BCUT2D eigenvalue weighted by atomic mass is 32.2. The minimum absolute atomic E-state index is 0.0474. The fraction of sp³-hybridized carbons (Fsp3) is 1.00. The van der Waals surface area contributed by atoms with Crippen LogP contribution in [-0.4, -0.2) is 32.5 Å². The van der Waals surface area contributed by atoms with Crippen LogP contribution >= 0.6 is 0 Å². The standard InChI is InChI=1S/C11H25NO2S/c1-5-7-11(8-6-2)15(13,14)9-10(3)12-4/h10-12H,5-9H2,1-4H3/t10-/m0/s1. The van der Waals surface area contributed by atoms with E-state index in [2.05, 4.69) is 5.32 Å². The summed E-state index contributed by atoms with van der Waals surface area (Å²) in [5, 5.41) is 2.85. The van der Waals surface area contributed by atoms with E-state index >= 15 is 0 Å². The van der Waals surface area contributed by atoms with E-state index in [1.165, 1.54) is 0 Å².